The molecule has 0 bridgehead atoms. The molecule has 0 radical (unpaired) electrons. The van der Waals surface area contributed by atoms with Gasteiger partial charge in [0.2, 0.25) is 5.91 Å². The van der Waals surface area contributed by atoms with Crippen LogP contribution in [-0.4, -0.2) is 34.2 Å². The van der Waals surface area contributed by atoms with E-state index in [0.29, 0.717) is 6.61 Å². The fourth-order valence-electron chi connectivity index (χ4n) is 4.29. The fourth-order valence-corrected chi connectivity index (χ4v) is 4.29. The van der Waals surface area contributed by atoms with Crippen LogP contribution in [0.1, 0.15) is 23.0 Å². The normalized spacial score (nSPS) is 12.3. The van der Waals surface area contributed by atoms with Gasteiger partial charge in [-0.25, -0.2) is 4.98 Å². The quantitative estimate of drug-likeness (QED) is 0.372. The lowest BCUT2D eigenvalue weighted by atomic mass is 10.1. The molecule has 2 heterocycles. The Balaban J connectivity index is 1.44. The van der Waals surface area contributed by atoms with Crippen LogP contribution in [0, 0.1) is 0 Å². The molecule has 5 rings (SSSR count). The summed E-state index contributed by atoms with van der Waals surface area (Å²) < 4.78 is 7.40. The molecule has 33 heavy (non-hydrogen) atoms. The first-order valence-electron chi connectivity index (χ1n) is 11.1. The van der Waals surface area contributed by atoms with Crippen LogP contribution in [0.2, 0.25) is 0 Å². The lowest BCUT2D eigenvalue weighted by Gasteiger charge is -2.17. The van der Waals surface area contributed by atoms with Crippen LogP contribution in [0.3, 0.4) is 0 Å². The zero-order valence-corrected chi connectivity index (χ0v) is 18.5. The summed E-state index contributed by atoms with van der Waals surface area (Å²) in [6.07, 6.45) is 2.34. The number of carbonyl (C=O) groups is 1. The van der Waals surface area contributed by atoms with Crippen LogP contribution in [0.5, 0.6) is 0 Å². The zero-order valence-electron chi connectivity index (χ0n) is 18.5. The number of amides is 1. The SMILES string of the molecule is COCCn1cc(CC(=O)NC(c2ccccc2)c2nc3ccccc3[nH]2)c2ccccc21. The monoisotopic (exact) mass is 438 g/mol. The molecule has 0 aliphatic heterocycles. The third kappa shape index (κ3) is 4.38. The summed E-state index contributed by atoms with van der Waals surface area (Å²) in [5.41, 5.74) is 4.91. The molecule has 2 aromatic heterocycles. The number of fused-ring (bicyclic) bond motifs is 2. The number of imidazole rings is 1. The third-order valence-electron chi connectivity index (χ3n) is 5.88. The largest absolute Gasteiger partial charge is 0.383 e. The minimum Gasteiger partial charge on any atom is -0.383 e. The molecule has 0 aliphatic rings. The van der Waals surface area contributed by atoms with Gasteiger partial charge in [-0.15, -0.1) is 0 Å². The van der Waals surface area contributed by atoms with Crippen LogP contribution in [0.15, 0.2) is 85.1 Å². The van der Waals surface area contributed by atoms with Gasteiger partial charge in [0, 0.05) is 30.8 Å². The second-order valence-corrected chi connectivity index (χ2v) is 8.08. The van der Waals surface area contributed by atoms with Crippen molar-refractivity contribution >= 4 is 27.8 Å². The van der Waals surface area contributed by atoms with Crippen LogP contribution in [0.25, 0.3) is 21.9 Å². The Hall–Kier alpha value is -3.90. The Labute approximate surface area is 192 Å². The van der Waals surface area contributed by atoms with Gasteiger partial charge in [-0.05, 0) is 29.3 Å². The number of rotatable bonds is 8. The average molecular weight is 439 g/mol. The molecule has 166 valence electrons. The summed E-state index contributed by atoms with van der Waals surface area (Å²) in [4.78, 5) is 21.4. The number of hydrogen-bond acceptors (Lipinski definition) is 3. The summed E-state index contributed by atoms with van der Waals surface area (Å²) in [6.45, 7) is 1.36. The van der Waals surface area contributed by atoms with E-state index < -0.39 is 0 Å². The minimum atomic E-state index is -0.368. The summed E-state index contributed by atoms with van der Waals surface area (Å²) in [5, 5.41) is 4.30. The maximum Gasteiger partial charge on any atom is 0.225 e. The van der Waals surface area contributed by atoms with E-state index >= 15 is 0 Å². The van der Waals surface area contributed by atoms with E-state index in [1.165, 1.54) is 0 Å². The number of para-hydroxylation sites is 3. The zero-order chi connectivity index (χ0) is 22.6. The third-order valence-corrected chi connectivity index (χ3v) is 5.88. The number of H-pyrrole nitrogens is 1. The number of aromatic nitrogens is 3. The van der Waals surface area contributed by atoms with E-state index in [2.05, 4.69) is 33.2 Å². The van der Waals surface area contributed by atoms with E-state index in [1.54, 1.807) is 7.11 Å². The van der Waals surface area contributed by atoms with E-state index in [9.17, 15) is 4.79 Å². The van der Waals surface area contributed by atoms with Crippen molar-refractivity contribution in [1.29, 1.82) is 0 Å². The number of hydrogen-bond donors (Lipinski definition) is 2. The Morgan fingerprint density at radius 1 is 1.03 bits per heavy atom. The van der Waals surface area contributed by atoms with Crippen LogP contribution in [0.4, 0.5) is 0 Å². The first-order valence-corrected chi connectivity index (χ1v) is 11.1. The van der Waals surface area contributed by atoms with E-state index in [0.717, 1.165) is 45.4 Å². The van der Waals surface area contributed by atoms with Gasteiger partial charge in [-0.2, -0.15) is 0 Å². The molecular formula is C27H26N4O2. The highest BCUT2D eigenvalue weighted by molar-refractivity contribution is 5.89. The van der Waals surface area contributed by atoms with E-state index in [1.807, 2.05) is 66.7 Å². The smallest absolute Gasteiger partial charge is 0.225 e. The molecule has 0 saturated carbocycles. The van der Waals surface area contributed by atoms with Crippen molar-refractivity contribution in [3.8, 4) is 0 Å². The highest BCUT2D eigenvalue weighted by Crippen LogP contribution is 2.25. The molecule has 0 fully saturated rings. The van der Waals surface area contributed by atoms with Gasteiger partial charge in [-0.3, -0.25) is 4.79 Å². The van der Waals surface area contributed by atoms with Gasteiger partial charge in [0.15, 0.2) is 0 Å². The average Bonchev–Trinajstić information content (AvgIpc) is 3.43. The number of benzene rings is 3. The predicted molar refractivity (Wildman–Crippen MR) is 130 cm³/mol. The molecule has 1 unspecified atom stereocenters. The molecule has 1 amide bonds. The van der Waals surface area contributed by atoms with Crippen molar-refractivity contribution in [2.75, 3.05) is 13.7 Å². The molecule has 5 aromatic rings. The van der Waals surface area contributed by atoms with E-state index in [-0.39, 0.29) is 18.4 Å². The minimum absolute atomic E-state index is 0.0565. The van der Waals surface area contributed by atoms with Crippen LogP contribution >= 0.6 is 0 Å². The summed E-state index contributed by atoms with van der Waals surface area (Å²) in [6, 6.07) is 25.6. The lowest BCUT2D eigenvalue weighted by Crippen LogP contribution is -2.31. The van der Waals surface area contributed by atoms with Crippen molar-refractivity contribution < 1.29 is 9.53 Å². The molecule has 1 atom stereocenters. The highest BCUT2D eigenvalue weighted by Gasteiger charge is 2.21. The highest BCUT2D eigenvalue weighted by atomic mass is 16.5. The van der Waals surface area contributed by atoms with Crippen molar-refractivity contribution in [3.05, 3.63) is 102 Å². The van der Waals surface area contributed by atoms with Gasteiger partial charge in [0.1, 0.15) is 11.9 Å². The lowest BCUT2D eigenvalue weighted by molar-refractivity contribution is -0.121. The van der Waals surface area contributed by atoms with Crippen molar-refractivity contribution in [2.45, 2.75) is 19.0 Å². The first-order chi connectivity index (χ1) is 16.2. The molecule has 6 heteroatoms. The van der Waals surface area contributed by atoms with Crippen molar-refractivity contribution in [2.24, 2.45) is 0 Å². The van der Waals surface area contributed by atoms with Crippen molar-refractivity contribution in [3.63, 3.8) is 0 Å². The molecule has 0 aliphatic carbocycles. The number of methoxy groups -OCH3 is 1. The second kappa shape index (κ2) is 9.30. The standard InChI is InChI=1S/C27H26N4O2/c1-33-16-15-31-18-20(21-11-5-8-14-24(21)31)17-25(32)30-26(19-9-3-2-4-10-19)27-28-22-12-6-7-13-23(22)29-27/h2-14,18,26H,15-17H2,1H3,(H,28,29)(H,30,32). The van der Waals surface area contributed by atoms with Gasteiger partial charge < -0.3 is 19.6 Å². The molecule has 2 N–H and O–H groups in total. The Morgan fingerprint density at radius 2 is 1.79 bits per heavy atom. The number of nitrogens with zero attached hydrogens (tertiary/aromatic N) is 2. The summed E-state index contributed by atoms with van der Waals surface area (Å²) in [5.74, 6) is 0.664. The molecule has 0 spiro atoms. The van der Waals surface area contributed by atoms with Gasteiger partial charge in [0.05, 0.1) is 24.1 Å². The topological polar surface area (TPSA) is 71.9 Å². The number of ether oxygens (including phenoxy) is 1. The first kappa shape index (κ1) is 21.0. The van der Waals surface area contributed by atoms with Gasteiger partial charge >= 0.3 is 0 Å². The number of nitrogens with one attached hydrogen (secondary N) is 2. The second-order valence-electron chi connectivity index (χ2n) is 8.08. The van der Waals surface area contributed by atoms with E-state index in [4.69, 9.17) is 9.72 Å². The van der Waals surface area contributed by atoms with Crippen LogP contribution in [-0.2, 0) is 22.5 Å². The maximum atomic E-state index is 13.3. The molecule has 3 aromatic carbocycles. The Morgan fingerprint density at radius 3 is 2.61 bits per heavy atom. The van der Waals surface area contributed by atoms with Gasteiger partial charge in [-0.1, -0.05) is 60.7 Å². The molecule has 6 nitrogen and oxygen atoms in total. The van der Waals surface area contributed by atoms with Crippen LogP contribution < -0.4 is 5.32 Å². The van der Waals surface area contributed by atoms with Gasteiger partial charge in [0.25, 0.3) is 0 Å². The molecular weight excluding hydrogens is 412 g/mol. The Bertz CT molecular complexity index is 1350. The van der Waals surface area contributed by atoms with Crippen molar-refractivity contribution in [1.82, 2.24) is 19.9 Å². The number of carbonyl (C=O) groups excluding carboxylic acids is 1. The number of aromatic amines is 1. The summed E-state index contributed by atoms with van der Waals surface area (Å²) >= 11 is 0. The molecule has 0 saturated heterocycles. The predicted octanol–water partition coefficient (Wildman–Crippen LogP) is 4.61. The fraction of sp³-hybridized carbons (Fsp3) is 0.185. The summed E-state index contributed by atoms with van der Waals surface area (Å²) in [7, 11) is 1.70. The maximum absolute atomic E-state index is 13.3. The Kier molecular flexibility index (Phi) is 5.91.